The Kier molecular flexibility index (Phi) is 24.6. The molecule has 0 aliphatic rings. The number of quaternary nitrogens is 1. The van der Waals surface area contributed by atoms with Gasteiger partial charge in [-0.05, 0) is 25.3 Å². The van der Waals surface area contributed by atoms with E-state index in [2.05, 4.69) is 35.0 Å². The maximum Gasteiger partial charge on any atom is 0.335 e. The van der Waals surface area contributed by atoms with Crippen molar-refractivity contribution < 1.29 is 24.3 Å². The summed E-state index contributed by atoms with van der Waals surface area (Å²) in [6, 6.07) is 3.76. The van der Waals surface area contributed by atoms with Crippen LogP contribution in [0.4, 0.5) is 0 Å². The first-order valence-corrected chi connectivity index (χ1v) is 17.0. The number of nitrogens with zero attached hydrogens (tertiary/aromatic N) is 1. The highest BCUT2D eigenvalue weighted by atomic mass is 16.4. The molecule has 0 aliphatic heterocycles. The highest BCUT2D eigenvalue weighted by Gasteiger charge is 2.10. The fourth-order valence-corrected chi connectivity index (χ4v) is 5.04. The summed E-state index contributed by atoms with van der Waals surface area (Å²) in [6.45, 7) is 5.80. The fraction of sp³-hybridized carbons (Fsp3) is 0.778. The van der Waals surface area contributed by atoms with Crippen LogP contribution < -0.4 is 5.11 Å². The third kappa shape index (κ3) is 24.4. The van der Waals surface area contributed by atoms with E-state index in [1.165, 1.54) is 134 Å². The second-order valence-corrected chi connectivity index (χ2v) is 12.9. The van der Waals surface area contributed by atoms with Crippen LogP contribution in [0.25, 0.3) is 0 Å². The predicted molar refractivity (Wildman–Crippen MR) is 173 cm³/mol. The average molecular weight is 576 g/mol. The Hall–Kier alpha value is -1.88. The van der Waals surface area contributed by atoms with E-state index in [4.69, 9.17) is 5.11 Å². The predicted octanol–water partition coefficient (Wildman–Crippen LogP) is 9.96. The molecule has 238 valence electrons. The van der Waals surface area contributed by atoms with E-state index < -0.39 is 11.7 Å². The smallest absolute Gasteiger partial charge is 0.335 e. The van der Waals surface area contributed by atoms with E-state index in [9.17, 15) is 14.7 Å². The van der Waals surface area contributed by atoms with E-state index >= 15 is 0 Å². The Bertz CT molecular complexity index is 784. The Morgan fingerprint density at radius 3 is 1.41 bits per heavy atom. The third-order valence-electron chi connectivity index (χ3n) is 7.72. The number of Topliss-reactive ketones (excluding diaryl/α,β-unsaturated/α-hetero) is 1. The largest absolute Gasteiger partial charge is 0.872 e. The lowest BCUT2D eigenvalue weighted by Gasteiger charge is -2.23. The Morgan fingerprint density at radius 1 is 0.634 bits per heavy atom. The maximum absolute atomic E-state index is 12.0. The molecule has 0 spiro atoms. The van der Waals surface area contributed by atoms with E-state index in [1.807, 2.05) is 0 Å². The SMILES string of the molecule is CCCCCCCCCC(=O)c1ccc([O-])c(C(=O)O)c1.CCCCCCCCCCCCCCCC[N+](C)(C)C. The van der Waals surface area contributed by atoms with Gasteiger partial charge in [-0.2, -0.15) is 0 Å². The normalized spacial score (nSPS) is 11.2. The molecular weight excluding hydrogens is 510 g/mol. The van der Waals surface area contributed by atoms with E-state index in [0.717, 1.165) is 29.8 Å². The first kappa shape index (κ1) is 39.1. The molecule has 0 saturated carbocycles. The van der Waals surface area contributed by atoms with Gasteiger partial charge in [0.05, 0.1) is 33.3 Å². The minimum Gasteiger partial charge on any atom is -0.872 e. The van der Waals surface area contributed by atoms with Gasteiger partial charge in [-0.25, -0.2) is 4.79 Å². The zero-order chi connectivity index (χ0) is 30.8. The van der Waals surface area contributed by atoms with Gasteiger partial charge >= 0.3 is 5.97 Å². The summed E-state index contributed by atoms with van der Waals surface area (Å²) in [5.41, 5.74) is -0.0154. The lowest BCUT2D eigenvalue weighted by Crippen LogP contribution is -2.35. The van der Waals surface area contributed by atoms with E-state index in [1.54, 1.807) is 0 Å². The number of rotatable bonds is 25. The lowest BCUT2D eigenvalue weighted by atomic mass is 10.0. The molecule has 0 unspecified atom stereocenters. The summed E-state index contributed by atoms with van der Waals surface area (Å²) in [5, 5.41) is 20.2. The van der Waals surface area contributed by atoms with Crippen LogP contribution in [0.15, 0.2) is 18.2 Å². The van der Waals surface area contributed by atoms with Crippen molar-refractivity contribution in [3.8, 4) is 5.75 Å². The Morgan fingerprint density at radius 2 is 1.02 bits per heavy atom. The standard InChI is InChI=1S/C19H42N.C17H24O4/c1-5-6-7-8-9-10-11-12-13-14-15-16-17-18-19-20(2,3)4;1-2-3-4-5-6-7-8-9-15(18)13-10-11-16(19)14(12-13)17(20)21/h5-19H2,1-4H3;10-12,19H,2-9H2,1H3,(H,20,21)/q+1;/p-1. The van der Waals surface area contributed by atoms with Gasteiger partial charge in [-0.1, -0.05) is 147 Å². The number of carboxylic acids is 1. The number of carboxylic acid groups (broad SMARTS) is 1. The molecule has 1 N–H and O–H groups in total. The summed E-state index contributed by atoms with van der Waals surface area (Å²) in [6.07, 6.45) is 28.7. The quantitative estimate of drug-likeness (QED) is 0.0715. The van der Waals surface area contributed by atoms with Gasteiger partial charge in [0, 0.05) is 12.0 Å². The highest BCUT2D eigenvalue weighted by Crippen LogP contribution is 2.18. The van der Waals surface area contributed by atoms with Crippen molar-refractivity contribution in [1.29, 1.82) is 0 Å². The van der Waals surface area contributed by atoms with E-state index in [0.29, 0.717) is 12.0 Å². The molecule has 1 aromatic carbocycles. The number of hydrogen-bond donors (Lipinski definition) is 1. The minimum absolute atomic E-state index is 0.0916. The third-order valence-corrected chi connectivity index (χ3v) is 7.72. The maximum atomic E-state index is 12.0. The molecule has 0 bridgehead atoms. The van der Waals surface area contributed by atoms with Crippen molar-refractivity contribution in [2.45, 2.75) is 155 Å². The molecule has 0 fully saturated rings. The number of hydrogen-bond acceptors (Lipinski definition) is 3. The van der Waals surface area contributed by atoms with Gasteiger partial charge < -0.3 is 14.7 Å². The number of aromatic carboxylic acids is 1. The van der Waals surface area contributed by atoms with Crippen molar-refractivity contribution >= 4 is 11.8 Å². The van der Waals surface area contributed by atoms with Crippen LogP contribution in [0, 0.1) is 0 Å². The Labute approximate surface area is 253 Å². The lowest BCUT2D eigenvalue weighted by molar-refractivity contribution is -0.870. The molecule has 5 nitrogen and oxygen atoms in total. The van der Waals surface area contributed by atoms with Gasteiger partial charge in [0.15, 0.2) is 5.78 Å². The molecule has 1 rings (SSSR count). The zero-order valence-electron chi connectivity index (χ0n) is 27.6. The summed E-state index contributed by atoms with van der Waals surface area (Å²) in [4.78, 5) is 22.8. The molecular formula is C36H65NO4. The van der Waals surface area contributed by atoms with Crippen molar-refractivity contribution in [1.82, 2.24) is 0 Å². The van der Waals surface area contributed by atoms with Crippen molar-refractivity contribution in [3.05, 3.63) is 29.3 Å². The van der Waals surface area contributed by atoms with Crippen LogP contribution in [-0.2, 0) is 0 Å². The summed E-state index contributed by atoms with van der Waals surface area (Å²) in [7, 11) is 6.88. The molecule has 0 amide bonds. The molecule has 0 radical (unpaired) electrons. The number of carbonyl (C=O) groups excluding carboxylic acids is 1. The zero-order valence-corrected chi connectivity index (χ0v) is 27.6. The summed E-state index contributed by atoms with van der Waals surface area (Å²) >= 11 is 0. The van der Waals surface area contributed by atoms with Crippen LogP contribution in [0.2, 0.25) is 0 Å². The fourth-order valence-electron chi connectivity index (χ4n) is 5.04. The molecule has 0 aliphatic carbocycles. The highest BCUT2D eigenvalue weighted by molar-refractivity contribution is 5.99. The molecule has 0 heterocycles. The molecule has 0 atom stereocenters. The second-order valence-electron chi connectivity index (χ2n) is 12.9. The molecule has 0 saturated heterocycles. The van der Waals surface area contributed by atoms with Gasteiger partial charge in [0.1, 0.15) is 0 Å². The van der Waals surface area contributed by atoms with Crippen molar-refractivity contribution in [3.63, 3.8) is 0 Å². The van der Waals surface area contributed by atoms with Gasteiger partial charge in [0.25, 0.3) is 0 Å². The number of carbonyl (C=O) groups is 2. The van der Waals surface area contributed by atoms with Crippen LogP contribution in [0.3, 0.4) is 0 Å². The molecule has 41 heavy (non-hydrogen) atoms. The monoisotopic (exact) mass is 575 g/mol. The molecule has 5 heteroatoms. The molecule has 1 aromatic rings. The van der Waals surface area contributed by atoms with Crippen molar-refractivity contribution in [2.24, 2.45) is 0 Å². The number of unbranched alkanes of at least 4 members (excludes halogenated alkanes) is 19. The first-order valence-electron chi connectivity index (χ1n) is 17.0. The summed E-state index contributed by atoms with van der Waals surface area (Å²) in [5.74, 6) is -1.94. The summed E-state index contributed by atoms with van der Waals surface area (Å²) < 4.78 is 1.12. The van der Waals surface area contributed by atoms with Gasteiger partial charge in [-0.3, -0.25) is 4.79 Å². The first-order chi connectivity index (χ1) is 19.6. The minimum atomic E-state index is -1.29. The van der Waals surface area contributed by atoms with E-state index in [-0.39, 0.29) is 11.3 Å². The Balaban J connectivity index is 0.000000782. The van der Waals surface area contributed by atoms with Crippen molar-refractivity contribution in [2.75, 3.05) is 27.7 Å². The topological polar surface area (TPSA) is 77.4 Å². The van der Waals surface area contributed by atoms with Crippen LogP contribution in [0.5, 0.6) is 5.75 Å². The molecule has 0 aromatic heterocycles. The van der Waals surface area contributed by atoms with Crippen LogP contribution in [0.1, 0.15) is 176 Å². The van der Waals surface area contributed by atoms with Crippen LogP contribution in [-0.4, -0.2) is 49.0 Å². The van der Waals surface area contributed by atoms with Crippen LogP contribution >= 0.6 is 0 Å². The van der Waals surface area contributed by atoms with Gasteiger partial charge in [-0.15, -0.1) is 0 Å². The van der Waals surface area contributed by atoms with Gasteiger partial charge in [0.2, 0.25) is 0 Å². The number of benzene rings is 1. The number of ketones is 1. The second kappa shape index (κ2) is 25.8. The average Bonchev–Trinajstić information content (AvgIpc) is 2.92.